The number of aryl methyl sites for hydroxylation is 1. The lowest BCUT2D eigenvalue weighted by molar-refractivity contribution is -0.121. The number of carbonyl (C=O) groups is 1. The number of carbonyl (C=O) groups excluding carboxylic acids is 1. The number of amides is 1. The molecule has 152 valence electrons. The highest BCUT2D eigenvalue weighted by Crippen LogP contribution is 2.55. The van der Waals surface area contributed by atoms with Crippen LogP contribution >= 0.6 is 0 Å². The molecule has 3 saturated heterocycles. The molecular weight excluding hydrogens is 362 g/mol. The Hall–Kier alpha value is -2.40. The van der Waals surface area contributed by atoms with Gasteiger partial charge < -0.3 is 15.0 Å². The van der Waals surface area contributed by atoms with E-state index in [0.717, 1.165) is 51.1 Å². The van der Waals surface area contributed by atoms with Crippen LogP contribution in [0.1, 0.15) is 31.2 Å². The third-order valence-electron chi connectivity index (χ3n) is 7.00. The van der Waals surface area contributed by atoms with Gasteiger partial charge in [-0.15, -0.1) is 0 Å². The number of pyridine rings is 1. The first-order valence-corrected chi connectivity index (χ1v) is 10.9. The second-order valence-corrected chi connectivity index (χ2v) is 8.74. The van der Waals surface area contributed by atoms with Gasteiger partial charge in [0.2, 0.25) is 5.91 Å². The summed E-state index contributed by atoms with van der Waals surface area (Å²) in [5.74, 6) is 2.09. The highest BCUT2D eigenvalue weighted by Gasteiger charge is 2.63. The first-order valence-electron chi connectivity index (χ1n) is 10.9. The van der Waals surface area contributed by atoms with Crippen molar-refractivity contribution in [1.82, 2.24) is 10.3 Å². The van der Waals surface area contributed by atoms with Gasteiger partial charge in [0, 0.05) is 44.1 Å². The van der Waals surface area contributed by atoms with E-state index in [2.05, 4.69) is 45.5 Å². The highest BCUT2D eigenvalue weighted by molar-refractivity contribution is 5.75. The lowest BCUT2D eigenvalue weighted by Crippen LogP contribution is -2.41. The molecule has 1 N–H and O–H groups in total. The molecule has 0 unspecified atom stereocenters. The van der Waals surface area contributed by atoms with Crippen molar-refractivity contribution in [1.29, 1.82) is 0 Å². The Balaban J connectivity index is 1.14. The Bertz CT molecular complexity index is 844. The van der Waals surface area contributed by atoms with Crippen molar-refractivity contribution in [2.75, 3.05) is 24.5 Å². The second kappa shape index (κ2) is 7.79. The van der Waals surface area contributed by atoms with Gasteiger partial charge in [0.15, 0.2) is 0 Å². The second-order valence-electron chi connectivity index (χ2n) is 8.74. The zero-order valence-electron chi connectivity index (χ0n) is 16.8. The Morgan fingerprint density at radius 3 is 2.90 bits per heavy atom. The minimum atomic E-state index is -0.0368. The number of hydrogen-bond acceptors (Lipinski definition) is 4. The molecule has 1 amide bonds. The molecule has 3 fully saturated rings. The molecule has 4 atom stereocenters. The number of hydrogen-bond donors (Lipinski definition) is 1. The minimum Gasteiger partial charge on any atom is -0.369 e. The van der Waals surface area contributed by atoms with Crippen molar-refractivity contribution < 1.29 is 9.53 Å². The van der Waals surface area contributed by atoms with Crippen LogP contribution in [-0.2, 0) is 16.0 Å². The van der Waals surface area contributed by atoms with E-state index >= 15 is 0 Å². The zero-order chi connectivity index (χ0) is 19.7. The minimum absolute atomic E-state index is 0.0368. The third kappa shape index (κ3) is 3.64. The van der Waals surface area contributed by atoms with Gasteiger partial charge in [0.25, 0.3) is 0 Å². The Kier molecular flexibility index (Phi) is 5.00. The number of rotatable bonds is 7. The number of nitrogens with zero attached hydrogens (tertiary/aromatic N) is 2. The van der Waals surface area contributed by atoms with Crippen LogP contribution in [-0.4, -0.2) is 42.2 Å². The number of nitrogens with one attached hydrogen (secondary N) is 1. The van der Waals surface area contributed by atoms with Crippen LogP contribution in [0.15, 0.2) is 54.7 Å². The van der Waals surface area contributed by atoms with Gasteiger partial charge in [-0.2, -0.15) is 0 Å². The van der Waals surface area contributed by atoms with Gasteiger partial charge in [-0.05, 0) is 43.4 Å². The fourth-order valence-corrected chi connectivity index (χ4v) is 5.60. The lowest BCUT2D eigenvalue weighted by atomic mass is 9.73. The largest absolute Gasteiger partial charge is 0.369 e. The molecule has 3 aliphatic rings. The third-order valence-corrected chi connectivity index (χ3v) is 7.00. The molecule has 29 heavy (non-hydrogen) atoms. The van der Waals surface area contributed by atoms with Crippen molar-refractivity contribution in [3.05, 3.63) is 60.3 Å². The van der Waals surface area contributed by atoms with Crippen molar-refractivity contribution in [3.8, 4) is 0 Å². The van der Waals surface area contributed by atoms with Crippen LogP contribution in [0.3, 0.4) is 0 Å². The summed E-state index contributed by atoms with van der Waals surface area (Å²) in [4.78, 5) is 19.3. The Morgan fingerprint density at radius 2 is 2.07 bits per heavy atom. The first kappa shape index (κ1) is 18.6. The normalized spacial score (nSPS) is 29.8. The predicted molar refractivity (Wildman–Crippen MR) is 113 cm³/mol. The van der Waals surface area contributed by atoms with Crippen LogP contribution in [0.4, 0.5) is 5.82 Å². The van der Waals surface area contributed by atoms with Crippen LogP contribution in [0, 0.1) is 11.8 Å². The summed E-state index contributed by atoms with van der Waals surface area (Å²) >= 11 is 0. The molecule has 5 heteroatoms. The number of anilines is 1. The van der Waals surface area contributed by atoms with E-state index in [0.29, 0.717) is 24.4 Å². The zero-order valence-corrected chi connectivity index (χ0v) is 16.8. The van der Waals surface area contributed by atoms with Gasteiger partial charge in [-0.1, -0.05) is 36.4 Å². The summed E-state index contributed by atoms with van der Waals surface area (Å²) in [6.07, 6.45) is 6.83. The SMILES string of the molecule is O=C(CCCc1ccccc1)NC[C@H]1[C@H]2CN(c3ccccn3)C[C@]23CC[C@H]1O3. The monoisotopic (exact) mass is 391 g/mol. The topological polar surface area (TPSA) is 54.5 Å². The maximum absolute atomic E-state index is 12.4. The summed E-state index contributed by atoms with van der Waals surface area (Å²) in [6.45, 7) is 2.63. The number of aromatic nitrogens is 1. The summed E-state index contributed by atoms with van der Waals surface area (Å²) in [6, 6.07) is 16.4. The Morgan fingerprint density at radius 1 is 1.21 bits per heavy atom. The molecule has 0 aliphatic carbocycles. The van der Waals surface area contributed by atoms with Crippen molar-refractivity contribution in [3.63, 3.8) is 0 Å². The quantitative estimate of drug-likeness (QED) is 0.788. The van der Waals surface area contributed by atoms with E-state index < -0.39 is 0 Å². The number of ether oxygens (including phenoxy) is 1. The van der Waals surface area contributed by atoms with Crippen molar-refractivity contribution in [2.45, 2.75) is 43.8 Å². The van der Waals surface area contributed by atoms with E-state index in [9.17, 15) is 4.79 Å². The van der Waals surface area contributed by atoms with E-state index in [4.69, 9.17) is 4.74 Å². The average molecular weight is 392 g/mol. The maximum atomic E-state index is 12.4. The summed E-state index contributed by atoms with van der Waals surface area (Å²) in [5, 5.41) is 3.21. The standard InChI is InChI=1S/C24H29N3O2/c28-23(11-6-9-18-7-2-1-3-8-18)26-15-19-20-16-27(22-10-4-5-14-25-22)17-24(20)13-12-21(19)29-24/h1-5,7-8,10,14,19-21H,6,9,11-13,15-17H2,(H,26,28)/t19-,20+,21+,24+/m0/s1. The summed E-state index contributed by atoms with van der Waals surface area (Å²) in [5.41, 5.74) is 1.26. The first-order chi connectivity index (χ1) is 14.2. The highest BCUT2D eigenvalue weighted by atomic mass is 16.5. The fourth-order valence-electron chi connectivity index (χ4n) is 5.60. The molecule has 0 saturated carbocycles. The van der Waals surface area contributed by atoms with Crippen LogP contribution in [0.2, 0.25) is 0 Å². The van der Waals surface area contributed by atoms with Crippen molar-refractivity contribution in [2.24, 2.45) is 11.8 Å². The fraction of sp³-hybridized carbons (Fsp3) is 0.500. The molecule has 5 nitrogen and oxygen atoms in total. The molecule has 0 radical (unpaired) electrons. The van der Waals surface area contributed by atoms with Gasteiger partial charge in [0.05, 0.1) is 11.7 Å². The van der Waals surface area contributed by atoms with E-state index in [1.807, 2.05) is 24.4 Å². The van der Waals surface area contributed by atoms with Gasteiger partial charge in [-0.3, -0.25) is 4.79 Å². The molecule has 1 aromatic heterocycles. The molecule has 4 heterocycles. The molecule has 1 aromatic carbocycles. The average Bonchev–Trinajstić information content (AvgIpc) is 3.42. The summed E-state index contributed by atoms with van der Waals surface area (Å²) in [7, 11) is 0. The Labute approximate surface area is 172 Å². The van der Waals surface area contributed by atoms with Gasteiger partial charge in [-0.25, -0.2) is 4.98 Å². The predicted octanol–water partition coefficient (Wildman–Crippen LogP) is 3.20. The molecule has 2 bridgehead atoms. The molecule has 3 aliphatic heterocycles. The molecular formula is C24H29N3O2. The maximum Gasteiger partial charge on any atom is 0.220 e. The van der Waals surface area contributed by atoms with Crippen molar-refractivity contribution >= 4 is 11.7 Å². The smallest absolute Gasteiger partial charge is 0.220 e. The lowest BCUT2D eigenvalue weighted by Gasteiger charge is -2.29. The molecule has 5 rings (SSSR count). The molecule has 1 spiro atoms. The van der Waals surface area contributed by atoms with E-state index in [1.54, 1.807) is 0 Å². The van der Waals surface area contributed by atoms with E-state index in [1.165, 1.54) is 5.56 Å². The van der Waals surface area contributed by atoms with Crippen LogP contribution < -0.4 is 10.2 Å². The number of fused-ring (bicyclic) bond motifs is 1. The van der Waals surface area contributed by atoms with Gasteiger partial charge >= 0.3 is 0 Å². The van der Waals surface area contributed by atoms with Crippen LogP contribution in [0.25, 0.3) is 0 Å². The van der Waals surface area contributed by atoms with Gasteiger partial charge in [0.1, 0.15) is 5.82 Å². The molecule has 2 aromatic rings. The van der Waals surface area contributed by atoms with E-state index in [-0.39, 0.29) is 11.5 Å². The number of benzene rings is 1. The van der Waals surface area contributed by atoms with Crippen LogP contribution in [0.5, 0.6) is 0 Å². The summed E-state index contributed by atoms with van der Waals surface area (Å²) < 4.78 is 6.50.